The number of ether oxygens (including phenoxy) is 1. The highest BCUT2D eigenvalue weighted by atomic mass is 16.5. The van der Waals surface area contributed by atoms with Gasteiger partial charge in [-0.3, -0.25) is 4.79 Å². The zero-order valence-electron chi connectivity index (χ0n) is 11.5. The van der Waals surface area contributed by atoms with Crippen molar-refractivity contribution >= 4 is 5.97 Å². The summed E-state index contributed by atoms with van der Waals surface area (Å²) in [7, 11) is 0. The van der Waals surface area contributed by atoms with E-state index in [1.807, 2.05) is 61.5 Å². The molecule has 2 aromatic rings. The molecular weight excluding hydrogens is 252 g/mol. The van der Waals surface area contributed by atoms with E-state index < -0.39 is 5.97 Å². The first kappa shape index (κ1) is 14.1. The van der Waals surface area contributed by atoms with Crippen molar-refractivity contribution in [2.45, 2.75) is 25.9 Å². The number of rotatable bonds is 6. The number of aliphatic carboxylic acids is 1. The molecule has 0 saturated heterocycles. The van der Waals surface area contributed by atoms with Gasteiger partial charge in [0.1, 0.15) is 12.4 Å². The van der Waals surface area contributed by atoms with E-state index in [0.717, 1.165) is 16.9 Å². The normalized spacial score (nSPS) is 11.8. The molecule has 104 valence electrons. The van der Waals surface area contributed by atoms with Crippen LogP contribution in [0, 0.1) is 0 Å². The van der Waals surface area contributed by atoms with E-state index >= 15 is 0 Å². The minimum Gasteiger partial charge on any atom is -0.489 e. The van der Waals surface area contributed by atoms with Crippen molar-refractivity contribution < 1.29 is 14.6 Å². The van der Waals surface area contributed by atoms with E-state index in [9.17, 15) is 4.79 Å². The Morgan fingerprint density at radius 3 is 2.35 bits per heavy atom. The lowest BCUT2D eigenvalue weighted by atomic mass is 9.98. The zero-order valence-corrected chi connectivity index (χ0v) is 11.5. The summed E-state index contributed by atoms with van der Waals surface area (Å²) in [4.78, 5) is 10.7. The smallest absolute Gasteiger partial charge is 0.303 e. The van der Waals surface area contributed by atoms with E-state index in [1.54, 1.807) is 0 Å². The second-order valence-electron chi connectivity index (χ2n) is 4.84. The molecule has 0 aliphatic heterocycles. The highest BCUT2D eigenvalue weighted by Gasteiger charge is 2.09. The Balaban J connectivity index is 1.93. The van der Waals surface area contributed by atoms with Gasteiger partial charge in [-0.15, -0.1) is 0 Å². The number of carboxylic acid groups (broad SMARTS) is 1. The van der Waals surface area contributed by atoms with E-state index in [0.29, 0.717) is 6.61 Å². The van der Waals surface area contributed by atoms with Crippen molar-refractivity contribution in [1.29, 1.82) is 0 Å². The highest BCUT2D eigenvalue weighted by molar-refractivity contribution is 5.67. The number of hydrogen-bond donors (Lipinski definition) is 1. The van der Waals surface area contributed by atoms with Crippen LogP contribution in [0.25, 0.3) is 0 Å². The third-order valence-corrected chi connectivity index (χ3v) is 3.18. The molecule has 2 aromatic carbocycles. The Hall–Kier alpha value is -2.29. The molecule has 1 N–H and O–H groups in total. The summed E-state index contributed by atoms with van der Waals surface area (Å²) in [5.74, 6) is 0.0257. The summed E-state index contributed by atoms with van der Waals surface area (Å²) in [6.07, 6.45) is 0.143. The van der Waals surface area contributed by atoms with Crippen LogP contribution in [-0.4, -0.2) is 11.1 Å². The van der Waals surface area contributed by atoms with Crippen LogP contribution in [0.2, 0.25) is 0 Å². The van der Waals surface area contributed by atoms with Gasteiger partial charge in [-0.25, -0.2) is 0 Å². The van der Waals surface area contributed by atoms with Gasteiger partial charge in [0.05, 0.1) is 6.42 Å². The fourth-order valence-electron chi connectivity index (χ4n) is 2.01. The summed E-state index contributed by atoms with van der Waals surface area (Å²) >= 11 is 0. The van der Waals surface area contributed by atoms with Crippen molar-refractivity contribution in [3.8, 4) is 5.75 Å². The standard InChI is InChI=1S/C17H18O3/c1-13(11-17(18)19)15-7-9-16(10-8-15)20-12-14-5-3-2-4-6-14/h2-10,13H,11-12H2,1H3,(H,18,19). The number of carbonyl (C=O) groups is 1. The van der Waals surface area contributed by atoms with Crippen LogP contribution in [-0.2, 0) is 11.4 Å². The maximum absolute atomic E-state index is 10.7. The molecule has 1 atom stereocenters. The molecule has 0 heterocycles. The molecule has 1 unspecified atom stereocenters. The van der Waals surface area contributed by atoms with Gasteiger partial charge >= 0.3 is 5.97 Å². The average Bonchev–Trinajstić information content (AvgIpc) is 2.46. The van der Waals surface area contributed by atoms with Gasteiger partial charge < -0.3 is 9.84 Å². The fraction of sp³-hybridized carbons (Fsp3) is 0.235. The van der Waals surface area contributed by atoms with E-state index in [-0.39, 0.29) is 12.3 Å². The largest absolute Gasteiger partial charge is 0.489 e. The summed E-state index contributed by atoms with van der Waals surface area (Å²) in [6.45, 7) is 2.44. The lowest BCUT2D eigenvalue weighted by molar-refractivity contribution is -0.137. The van der Waals surface area contributed by atoms with Crippen LogP contribution in [0.3, 0.4) is 0 Å². The molecule has 0 aliphatic carbocycles. The Morgan fingerprint density at radius 2 is 1.75 bits per heavy atom. The molecule has 0 radical (unpaired) electrons. The minimum atomic E-state index is -0.776. The van der Waals surface area contributed by atoms with Crippen LogP contribution < -0.4 is 4.74 Å². The summed E-state index contributed by atoms with van der Waals surface area (Å²) in [6, 6.07) is 17.6. The lowest BCUT2D eigenvalue weighted by Gasteiger charge is -2.11. The van der Waals surface area contributed by atoms with Gasteiger partial charge in [-0.2, -0.15) is 0 Å². The van der Waals surface area contributed by atoms with E-state index in [4.69, 9.17) is 9.84 Å². The monoisotopic (exact) mass is 270 g/mol. The molecule has 0 spiro atoms. The van der Waals surface area contributed by atoms with Gasteiger partial charge in [-0.05, 0) is 29.2 Å². The molecule has 3 nitrogen and oxygen atoms in total. The summed E-state index contributed by atoms with van der Waals surface area (Å²) in [5.41, 5.74) is 2.13. The molecular formula is C17H18O3. The van der Waals surface area contributed by atoms with Crippen LogP contribution in [0.5, 0.6) is 5.75 Å². The third kappa shape index (κ3) is 4.12. The minimum absolute atomic E-state index is 0.00988. The maximum atomic E-state index is 10.7. The second kappa shape index (κ2) is 6.75. The van der Waals surface area contributed by atoms with Crippen LogP contribution in [0.1, 0.15) is 30.4 Å². The molecule has 3 heteroatoms. The van der Waals surface area contributed by atoms with E-state index in [1.165, 1.54) is 0 Å². The molecule has 0 saturated carbocycles. The SMILES string of the molecule is CC(CC(=O)O)c1ccc(OCc2ccccc2)cc1. The summed E-state index contributed by atoms with van der Waals surface area (Å²) < 4.78 is 5.69. The van der Waals surface area contributed by atoms with Gasteiger partial charge in [-0.1, -0.05) is 49.4 Å². The average molecular weight is 270 g/mol. The van der Waals surface area contributed by atoms with Crippen molar-refractivity contribution in [2.24, 2.45) is 0 Å². The molecule has 0 bridgehead atoms. The number of benzene rings is 2. The zero-order chi connectivity index (χ0) is 14.4. The van der Waals surface area contributed by atoms with Crippen molar-refractivity contribution in [1.82, 2.24) is 0 Å². The Labute approximate surface area is 118 Å². The van der Waals surface area contributed by atoms with Crippen molar-refractivity contribution in [2.75, 3.05) is 0 Å². The van der Waals surface area contributed by atoms with Crippen molar-refractivity contribution in [3.05, 3.63) is 65.7 Å². The first-order valence-corrected chi connectivity index (χ1v) is 6.63. The molecule has 0 aliphatic rings. The number of carboxylic acids is 1. The predicted octanol–water partition coefficient (Wildman–Crippen LogP) is 3.84. The molecule has 0 fully saturated rings. The highest BCUT2D eigenvalue weighted by Crippen LogP contribution is 2.22. The first-order valence-electron chi connectivity index (χ1n) is 6.63. The van der Waals surface area contributed by atoms with Gasteiger partial charge in [0.15, 0.2) is 0 Å². The van der Waals surface area contributed by atoms with Crippen LogP contribution in [0.15, 0.2) is 54.6 Å². The first-order chi connectivity index (χ1) is 9.65. The second-order valence-corrected chi connectivity index (χ2v) is 4.84. The fourth-order valence-corrected chi connectivity index (χ4v) is 2.01. The van der Waals surface area contributed by atoms with Gasteiger partial charge in [0.25, 0.3) is 0 Å². The topological polar surface area (TPSA) is 46.5 Å². The lowest BCUT2D eigenvalue weighted by Crippen LogP contribution is -2.02. The van der Waals surface area contributed by atoms with Crippen LogP contribution >= 0.6 is 0 Å². The van der Waals surface area contributed by atoms with Gasteiger partial charge in [0, 0.05) is 0 Å². The molecule has 20 heavy (non-hydrogen) atoms. The molecule has 0 amide bonds. The molecule has 0 aromatic heterocycles. The quantitative estimate of drug-likeness (QED) is 0.867. The van der Waals surface area contributed by atoms with Crippen LogP contribution in [0.4, 0.5) is 0 Å². The Kier molecular flexibility index (Phi) is 4.77. The van der Waals surface area contributed by atoms with Gasteiger partial charge in [0.2, 0.25) is 0 Å². The molecule has 2 rings (SSSR count). The maximum Gasteiger partial charge on any atom is 0.303 e. The number of hydrogen-bond acceptors (Lipinski definition) is 2. The summed E-state index contributed by atoms with van der Waals surface area (Å²) in [5, 5.41) is 8.79. The van der Waals surface area contributed by atoms with E-state index in [2.05, 4.69) is 0 Å². The third-order valence-electron chi connectivity index (χ3n) is 3.18. The Bertz CT molecular complexity index is 546. The Morgan fingerprint density at radius 1 is 1.10 bits per heavy atom. The predicted molar refractivity (Wildman–Crippen MR) is 77.9 cm³/mol. The van der Waals surface area contributed by atoms with Crippen molar-refractivity contribution in [3.63, 3.8) is 0 Å².